The van der Waals surface area contributed by atoms with Crippen LogP contribution in [0.15, 0.2) is 24.3 Å². The average Bonchev–Trinajstić information content (AvgIpc) is 2.23. The van der Waals surface area contributed by atoms with Gasteiger partial charge in [0.25, 0.3) is 0 Å². The van der Waals surface area contributed by atoms with E-state index in [2.05, 4.69) is 13.8 Å². The molecule has 0 fully saturated rings. The van der Waals surface area contributed by atoms with Crippen molar-refractivity contribution in [2.24, 2.45) is 5.92 Å². The molecule has 17 heavy (non-hydrogen) atoms. The predicted molar refractivity (Wildman–Crippen MR) is 61.0 cm³/mol. The molecule has 0 spiro atoms. The van der Waals surface area contributed by atoms with Gasteiger partial charge >= 0.3 is 6.18 Å². The Kier molecular flexibility index (Phi) is 4.85. The summed E-state index contributed by atoms with van der Waals surface area (Å²) in [6, 6.07) is 4.99. The molecule has 0 heterocycles. The van der Waals surface area contributed by atoms with Gasteiger partial charge in [-0.3, -0.25) is 0 Å². The summed E-state index contributed by atoms with van der Waals surface area (Å²) in [5, 5.41) is 0. The molecule has 0 saturated carbocycles. The first-order chi connectivity index (χ1) is 7.89. The Bertz CT molecular complexity index is 345. The zero-order valence-electron chi connectivity index (χ0n) is 10.1. The van der Waals surface area contributed by atoms with Gasteiger partial charge < -0.3 is 4.74 Å². The highest BCUT2D eigenvalue weighted by molar-refractivity contribution is 5.30. The lowest BCUT2D eigenvalue weighted by Gasteiger charge is -2.10. The zero-order valence-corrected chi connectivity index (χ0v) is 10.1. The Morgan fingerprint density at radius 2 is 1.94 bits per heavy atom. The highest BCUT2D eigenvalue weighted by Crippen LogP contribution is 2.31. The van der Waals surface area contributed by atoms with Crippen molar-refractivity contribution in [3.8, 4) is 5.75 Å². The highest BCUT2D eigenvalue weighted by Gasteiger charge is 2.30. The molecule has 0 unspecified atom stereocenters. The van der Waals surface area contributed by atoms with Gasteiger partial charge in [-0.15, -0.1) is 0 Å². The lowest BCUT2D eigenvalue weighted by atomic mass is 10.1. The Morgan fingerprint density at radius 3 is 2.53 bits per heavy atom. The third kappa shape index (κ3) is 5.11. The fraction of sp³-hybridized carbons (Fsp3) is 0.538. The molecule has 1 rings (SSSR count). The van der Waals surface area contributed by atoms with Crippen LogP contribution in [0.2, 0.25) is 0 Å². The van der Waals surface area contributed by atoms with E-state index in [4.69, 9.17) is 4.74 Å². The van der Waals surface area contributed by atoms with E-state index in [1.165, 1.54) is 6.07 Å². The minimum Gasteiger partial charge on any atom is -0.494 e. The molecule has 0 atom stereocenters. The third-order valence-electron chi connectivity index (χ3n) is 2.36. The molecule has 0 bridgehead atoms. The van der Waals surface area contributed by atoms with Gasteiger partial charge in [-0.25, -0.2) is 0 Å². The minimum absolute atomic E-state index is 0.281. The molecule has 1 nitrogen and oxygen atoms in total. The topological polar surface area (TPSA) is 9.23 Å². The molecule has 0 aliphatic rings. The van der Waals surface area contributed by atoms with Gasteiger partial charge in [0.1, 0.15) is 5.75 Å². The smallest absolute Gasteiger partial charge is 0.416 e. The summed E-state index contributed by atoms with van der Waals surface area (Å²) >= 11 is 0. The zero-order chi connectivity index (χ0) is 12.9. The normalized spacial score (nSPS) is 11.9. The van der Waals surface area contributed by atoms with Gasteiger partial charge in [-0.05, 0) is 37.0 Å². The van der Waals surface area contributed by atoms with Crippen LogP contribution in [-0.4, -0.2) is 6.61 Å². The summed E-state index contributed by atoms with van der Waals surface area (Å²) in [6.07, 6.45) is -2.44. The van der Waals surface area contributed by atoms with Crippen LogP contribution in [0.25, 0.3) is 0 Å². The van der Waals surface area contributed by atoms with Crippen molar-refractivity contribution < 1.29 is 17.9 Å². The lowest BCUT2D eigenvalue weighted by molar-refractivity contribution is -0.137. The molecular weight excluding hydrogens is 229 g/mol. The number of hydrogen-bond acceptors (Lipinski definition) is 1. The van der Waals surface area contributed by atoms with Crippen molar-refractivity contribution in [1.29, 1.82) is 0 Å². The van der Waals surface area contributed by atoms with Crippen LogP contribution < -0.4 is 4.74 Å². The molecule has 1 aromatic rings. The third-order valence-corrected chi connectivity index (χ3v) is 2.36. The molecule has 96 valence electrons. The van der Waals surface area contributed by atoms with E-state index < -0.39 is 11.7 Å². The molecule has 0 aromatic heterocycles. The maximum Gasteiger partial charge on any atom is 0.416 e. The van der Waals surface area contributed by atoms with Gasteiger partial charge in [0, 0.05) is 0 Å². The number of alkyl halides is 3. The van der Waals surface area contributed by atoms with Crippen LogP contribution in [0.4, 0.5) is 13.2 Å². The van der Waals surface area contributed by atoms with Crippen LogP contribution in [0.1, 0.15) is 32.3 Å². The number of benzene rings is 1. The first-order valence-electron chi connectivity index (χ1n) is 5.69. The fourth-order valence-corrected chi connectivity index (χ4v) is 1.44. The second-order valence-corrected chi connectivity index (χ2v) is 4.41. The minimum atomic E-state index is -4.31. The Balaban J connectivity index is 2.49. The van der Waals surface area contributed by atoms with Crippen molar-refractivity contribution >= 4 is 0 Å². The van der Waals surface area contributed by atoms with Gasteiger partial charge in [0.05, 0.1) is 12.2 Å². The van der Waals surface area contributed by atoms with Gasteiger partial charge in [0.15, 0.2) is 0 Å². The Labute approximate surface area is 99.6 Å². The van der Waals surface area contributed by atoms with E-state index in [1.54, 1.807) is 6.07 Å². The van der Waals surface area contributed by atoms with Crippen molar-refractivity contribution in [1.82, 2.24) is 0 Å². The highest BCUT2D eigenvalue weighted by atomic mass is 19.4. The van der Waals surface area contributed by atoms with Gasteiger partial charge in [-0.1, -0.05) is 19.9 Å². The van der Waals surface area contributed by atoms with E-state index in [9.17, 15) is 13.2 Å². The van der Waals surface area contributed by atoms with Crippen molar-refractivity contribution in [2.75, 3.05) is 6.61 Å². The van der Waals surface area contributed by atoms with E-state index in [-0.39, 0.29) is 5.75 Å². The Hall–Kier alpha value is -1.19. The molecule has 4 heteroatoms. The molecule has 0 amide bonds. The van der Waals surface area contributed by atoms with E-state index in [0.717, 1.165) is 25.0 Å². The molecular formula is C13H17F3O. The maximum atomic E-state index is 12.4. The maximum absolute atomic E-state index is 12.4. The van der Waals surface area contributed by atoms with Crippen LogP contribution in [0.3, 0.4) is 0 Å². The summed E-state index contributed by atoms with van der Waals surface area (Å²) in [5.74, 6) is 0.865. The van der Waals surface area contributed by atoms with Crippen molar-refractivity contribution in [2.45, 2.75) is 32.9 Å². The first kappa shape index (κ1) is 13.9. The quantitative estimate of drug-likeness (QED) is 0.694. The molecule has 1 aromatic carbocycles. The lowest BCUT2D eigenvalue weighted by Crippen LogP contribution is -2.05. The summed E-state index contributed by atoms with van der Waals surface area (Å²) in [6.45, 7) is 4.66. The molecule has 0 N–H and O–H groups in total. The van der Waals surface area contributed by atoms with Crippen molar-refractivity contribution in [3.63, 3.8) is 0 Å². The second-order valence-electron chi connectivity index (χ2n) is 4.41. The van der Waals surface area contributed by atoms with E-state index >= 15 is 0 Å². The van der Waals surface area contributed by atoms with E-state index in [0.29, 0.717) is 12.5 Å². The van der Waals surface area contributed by atoms with Gasteiger partial charge in [0.2, 0.25) is 0 Å². The summed E-state index contributed by atoms with van der Waals surface area (Å²) in [5.41, 5.74) is -0.668. The standard InChI is InChI=1S/C13H17F3O/c1-10(2)5-4-8-17-12-7-3-6-11(9-12)13(14,15)16/h3,6-7,9-10H,4-5,8H2,1-2H3. The van der Waals surface area contributed by atoms with Crippen LogP contribution >= 0.6 is 0 Å². The number of rotatable bonds is 5. The van der Waals surface area contributed by atoms with Crippen LogP contribution in [0.5, 0.6) is 5.75 Å². The van der Waals surface area contributed by atoms with Gasteiger partial charge in [-0.2, -0.15) is 13.2 Å². The summed E-state index contributed by atoms with van der Waals surface area (Å²) < 4.78 is 42.5. The summed E-state index contributed by atoms with van der Waals surface area (Å²) in [4.78, 5) is 0. The number of hydrogen-bond donors (Lipinski definition) is 0. The SMILES string of the molecule is CC(C)CCCOc1cccc(C(F)(F)F)c1. The number of halogens is 3. The first-order valence-corrected chi connectivity index (χ1v) is 5.69. The largest absolute Gasteiger partial charge is 0.494 e. The predicted octanol–water partition coefficient (Wildman–Crippen LogP) is 4.52. The molecule has 0 radical (unpaired) electrons. The Morgan fingerprint density at radius 1 is 1.24 bits per heavy atom. The molecule has 0 aliphatic carbocycles. The van der Waals surface area contributed by atoms with Crippen molar-refractivity contribution in [3.05, 3.63) is 29.8 Å². The van der Waals surface area contributed by atoms with E-state index in [1.807, 2.05) is 0 Å². The van der Waals surface area contributed by atoms with Crippen LogP contribution in [0, 0.1) is 5.92 Å². The monoisotopic (exact) mass is 246 g/mol. The average molecular weight is 246 g/mol. The van der Waals surface area contributed by atoms with Crippen LogP contribution in [-0.2, 0) is 6.18 Å². The second kappa shape index (κ2) is 5.94. The fourth-order valence-electron chi connectivity index (χ4n) is 1.44. The molecule has 0 saturated heterocycles. The number of ether oxygens (including phenoxy) is 1. The molecule has 0 aliphatic heterocycles. The summed E-state index contributed by atoms with van der Waals surface area (Å²) in [7, 11) is 0.